The number of carbonyl (C=O) groups is 2. The minimum absolute atomic E-state index is 0.0275. The highest BCUT2D eigenvalue weighted by molar-refractivity contribution is 7.92. The van der Waals surface area contributed by atoms with Crippen LogP contribution in [0.3, 0.4) is 0 Å². The van der Waals surface area contributed by atoms with E-state index in [0.717, 1.165) is 0 Å². The molecule has 0 atom stereocenters. The summed E-state index contributed by atoms with van der Waals surface area (Å²) in [5, 5.41) is 8.91. The molecule has 0 spiro atoms. The second kappa shape index (κ2) is 7.28. The van der Waals surface area contributed by atoms with Gasteiger partial charge >= 0.3 is 5.97 Å². The standard InChI is InChI=1S/C18H18N2O6S/c1-26-16-9-8-14(11-15(16)20-10-2-3-17(20)21)27(24,25)19-13-6-4-12(5-7-13)18(22)23/h4-9,11,19H,2-3,10H2,1H3,(H,22,23). The molecule has 0 aromatic heterocycles. The molecular formula is C18H18N2O6S. The second-order valence-corrected chi connectivity index (χ2v) is 7.65. The topological polar surface area (TPSA) is 113 Å². The van der Waals surface area contributed by atoms with E-state index >= 15 is 0 Å². The molecule has 9 heteroatoms. The summed E-state index contributed by atoms with van der Waals surface area (Å²) in [6.45, 7) is 0.503. The van der Waals surface area contributed by atoms with Gasteiger partial charge in [-0.05, 0) is 48.9 Å². The summed E-state index contributed by atoms with van der Waals surface area (Å²) >= 11 is 0. The number of carbonyl (C=O) groups excluding carboxylic acids is 1. The smallest absolute Gasteiger partial charge is 0.335 e. The van der Waals surface area contributed by atoms with Crippen LogP contribution in [-0.2, 0) is 14.8 Å². The van der Waals surface area contributed by atoms with Gasteiger partial charge < -0.3 is 14.7 Å². The van der Waals surface area contributed by atoms with Crippen molar-refractivity contribution < 1.29 is 27.9 Å². The van der Waals surface area contributed by atoms with Gasteiger partial charge in [0.25, 0.3) is 10.0 Å². The highest BCUT2D eigenvalue weighted by Crippen LogP contribution is 2.34. The van der Waals surface area contributed by atoms with Gasteiger partial charge in [0.2, 0.25) is 5.91 Å². The molecule has 2 aromatic carbocycles. The molecule has 1 aliphatic heterocycles. The summed E-state index contributed by atoms with van der Waals surface area (Å²) in [5.41, 5.74) is 0.691. The Kier molecular flexibility index (Phi) is 5.04. The zero-order valence-electron chi connectivity index (χ0n) is 14.5. The summed E-state index contributed by atoms with van der Waals surface area (Å²) < 4.78 is 33.1. The number of amides is 1. The maximum Gasteiger partial charge on any atom is 0.335 e. The number of anilines is 2. The highest BCUT2D eigenvalue weighted by atomic mass is 32.2. The van der Waals surface area contributed by atoms with Crippen molar-refractivity contribution in [3.05, 3.63) is 48.0 Å². The third kappa shape index (κ3) is 3.87. The van der Waals surface area contributed by atoms with Gasteiger partial charge in [-0.1, -0.05) is 0 Å². The van der Waals surface area contributed by atoms with E-state index in [1.165, 1.54) is 54.5 Å². The molecule has 142 valence electrons. The lowest BCUT2D eigenvalue weighted by molar-refractivity contribution is -0.117. The third-order valence-corrected chi connectivity index (χ3v) is 5.59. The lowest BCUT2D eigenvalue weighted by Crippen LogP contribution is -2.24. The molecule has 2 N–H and O–H groups in total. The van der Waals surface area contributed by atoms with E-state index in [1.807, 2.05) is 0 Å². The van der Waals surface area contributed by atoms with Gasteiger partial charge in [0.05, 0.1) is 23.3 Å². The molecular weight excluding hydrogens is 372 g/mol. The van der Waals surface area contributed by atoms with Crippen LogP contribution in [0.1, 0.15) is 23.2 Å². The molecule has 0 saturated carbocycles. The predicted molar refractivity (Wildman–Crippen MR) is 98.8 cm³/mol. The van der Waals surface area contributed by atoms with E-state index in [1.54, 1.807) is 0 Å². The average molecular weight is 390 g/mol. The van der Waals surface area contributed by atoms with Gasteiger partial charge in [-0.15, -0.1) is 0 Å². The quantitative estimate of drug-likeness (QED) is 0.783. The predicted octanol–water partition coefficient (Wildman–Crippen LogP) is 2.32. The molecule has 1 saturated heterocycles. The first-order chi connectivity index (χ1) is 12.8. The van der Waals surface area contributed by atoms with E-state index in [2.05, 4.69) is 4.72 Å². The van der Waals surface area contributed by atoms with Crippen molar-refractivity contribution in [1.82, 2.24) is 0 Å². The Morgan fingerprint density at radius 3 is 2.44 bits per heavy atom. The number of carboxylic acid groups (broad SMARTS) is 1. The summed E-state index contributed by atoms with van der Waals surface area (Å²) in [6.07, 6.45) is 1.11. The Morgan fingerprint density at radius 1 is 1.19 bits per heavy atom. The van der Waals surface area contributed by atoms with Crippen LogP contribution in [-0.4, -0.2) is 39.1 Å². The van der Waals surface area contributed by atoms with E-state index in [4.69, 9.17) is 9.84 Å². The minimum atomic E-state index is -3.93. The number of nitrogens with zero attached hydrogens (tertiary/aromatic N) is 1. The van der Waals surface area contributed by atoms with Gasteiger partial charge in [0.15, 0.2) is 0 Å². The van der Waals surface area contributed by atoms with Crippen molar-refractivity contribution in [3.63, 3.8) is 0 Å². The maximum absolute atomic E-state index is 12.7. The Morgan fingerprint density at radius 2 is 1.89 bits per heavy atom. The zero-order chi connectivity index (χ0) is 19.6. The third-order valence-electron chi connectivity index (χ3n) is 4.21. The van der Waals surface area contributed by atoms with Gasteiger partial charge in [-0.3, -0.25) is 9.52 Å². The number of sulfonamides is 1. The van der Waals surface area contributed by atoms with Crippen LogP contribution in [0.15, 0.2) is 47.4 Å². The number of hydrogen-bond acceptors (Lipinski definition) is 5. The minimum Gasteiger partial charge on any atom is -0.495 e. The van der Waals surface area contributed by atoms with Crippen LogP contribution in [0.25, 0.3) is 0 Å². The van der Waals surface area contributed by atoms with Gasteiger partial charge in [0.1, 0.15) is 5.75 Å². The monoisotopic (exact) mass is 390 g/mol. The average Bonchev–Trinajstić information content (AvgIpc) is 3.07. The van der Waals surface area contributed by atoms with Crippen LogP contribution in [0.2, 0.25) is 0 Å². The largest absolute Gasteiger partial charge is 0.495 e. The summed E-state index contributed by atoms with van der Waals surface area (Å²) in [5.74, 6) is -0.769. The van der Waals surface area contributed by atoms with Crippen molar-refractivity contribution in [2.75, 3.05) is 23.3 Å². The van der Waals surface area contributed by atoms with Crippen molar-refractivity contribution >= 4 is 33.3 Å². The SMILES string of the molecule is COc1ccc(S(=O)(=O)Nc2ccc(C(=O)O)cc2)cc1N1CCCC1=O. The highest BCUT2D eigenvalue weighted by Gasteiger charge is 2.26. The molecule has 1 amide bonds. The van der Waals surface area contributed by atoms with Crippen LogP contribution in [0, 0.1) is 0 Å². The summed E-state index contributed by atoms with van der Waals surface area (Å²) in [4.78, 5) is 24.4. The van der Waals surface area contributed by atoms with Gasteiger partial charge in [-0.25, -0.2) is 13.2 Å². The molecule has 3 rings (SSSR count). The fourth-order valence-electron chi connectivity index (χ4n) is 2.85. The Bertz CT molecular complexity index is 985. The van der Waals surface area contributed by atoms with Gasteiger partial charge in [-0.2, -0.15) is 0 Å². The van der Waals surface area contributed by atoms with Crippen LogP contribution >= 0.6 is 0 Å². The zero-order valence-corrected chi connectivity index (χ0v) is 15.3. The molecule has 0 bridgehead atoms. The van der Waals surface area contributed by atoms with Crippen molar-refractivity contribution in [2.45, 2.75) is 17.7 Å². The molecule has 2 aromatic rings. The van der Waals surface area contributed by atoms with Crippen molar-refractivity contribution in [3.8, 4) is 5.75 Å². The Hall–Kier alpha value is -3.07. The van der Waals surface area contributed by atoms with Gasteiger partial charge in [0, 0.05) is 18.7 Å². The lowest BCUT2D eigenvalue weighted by Gasteiger charge is -2.20. The Balaban J connectivity index is 1.92. The number of rotatable bonds is 6. The molecule has 1 aliphatic rings. The van der Waals surface area contributed by atoms with Crippen molar-refractivity contribution in [1.29, 1.82) is 0 Å². The fourth-order valence-corrected chi connectivity index (χ4v) is 3.92. The van der Waals surface area contributed by atoms with Crippen LogP contribution in [0.4, 0.5) is 11.4 Å². The molecule has 8 nitrogen and oxygen atoms in total. The molecule has 27 heavy (non-hydrogen) atoms. The molecule has 0 unspecified atom stereocenters. The number of ether oxygens (including phenoxy) is 1. The lowest BCUT2D eigenvalue weighted by atomic mass is 10.2. The van der Waals surface area contributed by atoms with Crippen LogP contribution < -0.4 is 14.4 Å². The molecule has 1 fully saturated rings. The fraction of sp³-hybridized carbons (Fsp3) is 0.222. The van der Waals surface area contributed by atoms with Crippen LogP contribution in [0.5, 0.6) is 5.75 Å². The van der Waals surface area contributed by atoms with E-state index in [-0.39, 0.29) is 22.1 Å². The normalized spacial score (nSPS) is 14.3. The Labute approximate surface area is 156 Å². The number of hydrogen-bond donors (Lipinski definition) is 2. The maximum atomic E-state index is 12.7. The molecule has 0 aliphatic carbocycles. The number of methoxy groups -OCH3 is 1. The first-order valence-electron chi connectivity index (χ1n) is 8.16. The number of carboxylic acids is 1. The van der Waals surface area contributed by atoms with E-state index in [9.17, 15) is 18.0 Å². The first kappa shape index (κ1) is 18.7. The first-order valence-corrected chi connectivity index (χ1v) is 9.65. The molecule has 1 heterocycles. The van der Waals surface area contributed by atoms with E-state index < -0.39 is 16.0 Å². The number of benzene rings is 2. The van der Waals surface area contributed by atoms with E-state index in [0.29, 0.717) is 30.8 Å². The number of nitrogens with one attached hydrogen (secondary N) is 1. The summed E-state index contributed by atoms with van der Waals surface area (Å²) in [6, 6.07) is 9.64. The van der Waals surface area contributed by atoms with Crippen molar-refractivity contribution in [2.24, 2.45) is 0 Å². The second-order valence-electron chi connectivity index (χ2n) is 5.97. The number of aromatic carboxylic acids is 1. The molecule has 0 radical (unpaired) electrons. The summed E-state index contributed by atoms with van der Waals surface area (Å²) in [7, 11) is -2.48.